The van der Waals surface area contributed by atoms with Gasteiger partial charge in [0.2, 0.25) is 0 Å². The zero-order valence-electron chi connectivity index (χ0n) is 17.2. The number of carbonyl (C=O) groups is 1. The van der Waals surface area contributed by atoms with Gasteiger partial charge >= 0.3 is 0 Å². The molecule has 2 N–H and O–H groups in total. The summed E-state index contributed by atoms with van der Waals surface area (Å²) in [5, 5.41) is 2.49. The molecular formula is C22H20ClFN2O5S. The summed E-state index contributed by atoms with van der Waals surface area (Å²) in [4.78, 5) is 12.3. The molecule has 0 atom stereocenters. The van der Waals surface area contributed by atoms with Crippen molar-refractivity contribution in [3.8, 4) is 11.5 Å². The second kappa shape index (κ2) is 9.88. The van der Waals surface area contributed by atoms with E-state index in [0.717, 1.165) is 23.8 Å². The van der Waals surface area contributed by atoms with E-state index in [-0.39, 0.29) is 28.1 Å². The Balaban J connectivity index is 1.66. The number of nitrogens with one attached hydrogen (secondary N) is 2. The Morgan fingerprint density at radius 2 is 1.72 bits per heavy atom. The van der Waals surface area contributed by atoms with Gasteiger partial charge in [0.05, 0.1) is 24.1 Å². The molecule has 3 rings (SSSR count). The van der Waals surface area contributed by atoms with E-state index in [4.69, 9.17) is 21.1 Å². The van der Waals surface area contributed by atoms with Crippen molar-refractivity contribution in [2.45, 2.75) is 11.4 Å². The minimum Gasteiger partial charge on any atom is -0.497 e. The lowest BCUT2D eigenvalue weighted by atomic mass is 10.1. The van der Waals surface area contributed by atoms with Gasteiger partial charge < -0.3 is 14.8 Å². The molecule has 32 heavy (non-hydrogen) atoms. The molecule has 168 valence electrons. The maximum absolute atomic E-state index is 13.3. The SMILES string of the molecule is COc1ccc(CNC(=O)c2ccc(NS(=O)(=O)c3ccc(F)c(Cl)c3)cc2)c(OC)c1. The molecule has 0 saturated heterocycles. The average Bonchev–Trinajstić information content (AvgIpc) is 2.79. The molecule has 10 heteroatoms. The van der Waals surface area contributed by atoms with Gasteiger partial charge in [-0.3, -0.25) is 9.52 Å². The largest absolute Gasteiger partial charge is 0.497 e. The molecule has 0 unspecified atom stereocenters. The normalized spacial score (nSPS) is 11.0. The first kappa shape index (κ1) is 23.4. The Morgan fingerprint density at radius 3 is 2.34 bits per heavy atom. The molecule has 7 nitrogen and oxygen atoms in total. The third-order valence-electron chi connectivity index (χ3n) is 4.53. The molecule has 0 aliphatic heterocycles. The predicted octanol–water partition coefficient (Wildman–Crippen LogP) is 4.23. The molecular weight excluding hydrogens is 459 g/mol. The Hall–Kier alpha value is -3.30. The monoisotopic (exact) mass is 478 g/mol. The van der Waals surface area contributed by atoms with Crippen molar-refractivity contribution in [3.05, 3.63) is 82.6 Å². The summed E-state index contributed by atoms with van der Waals surface area (Å²) in [6.45, 7) is 0.228. The zero-order valence-corrected chi connectivity index (χ0v) is 18.8. The van der Waals surface area contributed by atoms with Crippen LogP contribution in [0.4, 0.5) is 10.1 Å². The fourth-order valence-electron chi connectivity index (χ4n) is 2.82. The molecule has 0 heterocycles. The van der Waals surface area contributed by atoms with Crippen LogP contribution in [0.1, 0.15) is 15.9 Å². The number of ether oxygens (including phenoxy) is 2. The molecule has 0 radical (unpaired) electrons. The first-order valence-electron chi connectivity index (χ1n) is 9.30. The van der Waals surface area contributed by atoms with Gasteiger partial charge in [0.25, 0.3) is 15.9 Å². The van der Waals surface area contributed by atoms with E-state index in [9.17, 15) is 17.6 Å². The van der Waals surface area contributed by atoms with Crippen LogP contribution >= 0.6 is 11.6 Å². The van der Waals surface area contributed by atoms with E-state index < -0.39 is 15.8 Å². The highest BCUT2D eigenvalue weighted by Crippen LogP contribution is 2.25. The maximum Gasteiger partial charge on any atom is 0.261 e. The van der Waals surface area contributed by atoms with Gasteiger partial charge in [-0.15, -0.1) is 0 Å². The third-order valence-corrected chi connectivity index (χ3v) is 6.20. The topological polar surface area (TPSA) is 93.7 Å². The van der Waals surface area contributed by atoms with Gasteiger partial charge in [-0.25, -0.2) is 12.8 Å². The molecule has 3 aromatic rings. The van der Waals surface area contributed by atoms with Crippen molar-refractivity contribution in [1.82, 2.24) is 5.32 Å². The van der Waals surface area contributed by atoms with Crippen LogP contribution in [0.3, 0.4) is 0 Å². The van der Waals surface area contributed by atoms with Gasteiger partial charge in [0.1, 0.15) is 17.3 Å². The maximum atomic E-state index is 13.3. The number of sulfonamides is 1. The van der Waals surface area contributed by atoms with E-state index in [2.05, 4.69) is 10.0 Å². The smallest absolute Gasteiger partial charge is 0.261 e. The average molecular weight is 479 g/mol. The first-order chi connectivity index (χ1) is 15.2. The van der Waals surface area contributed by atoms with Crippen molar-refractivity contribution in [2.75, 3.05) is 18.9 Å². The summed E-state index contributed by atoms with van der Waals surface area (Å²) >= 11 is 5.66. The van der Waals surface area contributed by atoms with Crippen LogP contribution in [0.5, 0.6) is 11.5 Å². The van der Waals surface area contributed by atoms with Crippen LogP contribution in [0.25, 0.3) is 0 Å². The summed E-state index contributed by atoms with van der Waals surface area (Å²) in [5.41, 5.74) is 1.34. The standard InChI is InChI=1S/C22H20ClFN2O5S/c1-30-17-8-5-15(21(11-17)31-2)13-25-22(27)14-3-6-16(7-4-14)26-32(28,29)18-9-10-20(24)19(23)12-18/h3-12,26H,13H2,1-2H3,(H,25,27). The van der Waals surface area contributed by atoms with E-state index in [1.807, 2.05) is 0 Å². The summed E-state index contributed by atoms with van der Waals surface area (Å²) in [6, 6.07) is 14.2. The van der Waals surface area contributed by atoms with Crippen molar-refractivity contribution >= 4 is 33.2 Å². The van der Waals surface area contributed by atoms with Crippen molar-refractivity contribution in [1.29, 1.82) is 0 Å². The van der Waals surface area contributed by atoms with Crippen LogP contribution in [0.15, 0.2) is 65.6 Å². The van der Waals surface area contributed by atoms with Crippen LogP contribution in [0, 0.1) is 5.82 Å². The Labute approximate surface area is 190 Å². The minimum absolute atomic E-state index is 0.181. The zero-order chi connectivity index (χ0) is 23.3. The van der Waals surface area contributed by atoms with Gasteiger partial charge in [-0.1, -0.05) is 11.6 Å². The second-order valence-corrected chi connectivity index (χ2v) is 8.71. The fraction of sp³-hybridized carbons (Fsp3) is 0.136. The number of benzene rings is 3. The quantitative estimate of drug-likeness (QED) is 0.505. The number of methoxy groups -OCH3 is 2. The predicted molar refractivity (Wildman–Crippen MR) is 119 cm³/mol. The number of carbonyl (C=O) groups excluding carboxylic acids is 1. The summed E-state index contributed by atoms with van der Waals surface area (Å²) in [6.07, 6.45) is 0. The lowest BCUT2D eigenvalue weighted by molar-refractivity contribution is 0.0950. The van der Waals surface area contributed by atoms with Crippen molar-refractivity contribution in [2.24, 2.45) is 0 Å². The number of amides is 1. The van der Waals surface area contributed by atoms with Gasteiger partial charge in [-0.05, 0) is 54.6 Å². The number of rotatable bonds is 8. The molecule has 0 aliphatic rings. The number of hydrogen-bond acceptors (Lipinski definition) is 5. The van der Waals surface area contributed by atoms with E-state index in [1.54, 1.807) is 25.3 Å². The lowest BCUT2D eigenvalue weighted by Gasteiger charge is -2.12. The summed E-state index contributed by atoms with van der Waals surface area (Å²) in [5.74, 6) is 0.156. The Morgan fingerprint density at radius 1 is 1.00 bits per heavy atom. The molecule has 0 aliphatic carbocycles. The fourth-order valence-corrected chi connectivity index (χ4v) is 4.15. The van der Waals surface area contributed by atoms with Gasteiger partial charge in [-0.2, -0.15) is 0 Å². The highest BCUT2D eigenvalue weighted by Gasteiger charge is 2.16. The summed E-state index contributed by atoms with van der Waals surface area (Å²) < 4.78 is 51.0. The van der Waals surface area contributed by atoms with Crippen LogP contribution in [-0.4, -0.2) is 28.5 Å². The number of anilines is 1. The Kier molecular flexibility index (Phi) is 7.22. The minimum atomic E-state index is -3.97. The van der Waals surface area contributed by atoms with Crippen LogP contribution < -0.4 is 19.5 Å². The number of halogens is 2. The first-order valence-corrected chi connectivity index (χ1v) is 11.2. The molecule has 0 saturated carbocycles. The number of hydrogen-bond donors (Lipinski definition) is 2. The van der Waals surface area contributed by atoms with Crippen LogP contribution in [-0.2, 0) is 16.6 Å². The highest BCUT2D eigenvalue weighted by atomic mass is 35.5. The van der Waals surface area contributed by atoms with E-state index in [1.165, 1.54) is 31.4 Å². The van der Waals surface area contributed by atoms with Crippen LogP contribution in [0.2, 0.25) is 5.02 Å². The molecule has 0 fully saturated rings. The molecule has 1 amide bonds. The molecule has 3 aromatic carbocycles. The lowest BCUT2D eigenvalue weighted by Crippen LogP contribution is -2.23. The molecule has 0 spiro atoms. The highest BCUT2D eigenvalue weighted by molar-refractivity contribution is 7.92. The Bertz CT molecular complexity index is 1230. The summed E-state index contributed by atoms with van der Waals surface area (Å²) in [7, 11) is -0.893. The van der Waals surface area contributed by atoms with Gasteiger partial charge in [0.15, 0.2) is 0 Å². The second-order valence-electron chi connectivity index (χ2n) is 6.62. The van der Waals surface area contributed by atoms with Crippen molar-refractivity contribution < 1.29 is 27.1 Å². The van der Waals surface area contributed by atoms with E-state index in [0.29, 0.717) is 17.1 Å². The third kappa shape index (κ3) is 5.49. The molecule has 0 bridgehead atoms. The van der Waals surface area contributed by atoms with E-state index >= 15 is 0 Å². The van der Waals surface area contributed by atoms with Gasteiger partial charge in [0, 0.05) is 29.4 Å². The van der Waals surface area contributed by atoms with Crippen molar-refractivity contribution in [3.63, 3.8) is 0 Å². The molecule has 0 aromatic heterocycles.